The average molecular weight is 463 g/mol. The van der Waals surface area contributed by atoms with E-state index in [0.29, 0.717) is 0 Å². The van der Waals surface area contributed by atoms with Crippen molar-refractivity contribution in [2.75, 3.05) is 0 Å². The van der Waals surface area contributed by atoms with E-state index >= 15 is 0 Å². The van der Waals surface area contributed by atoms with E-state index in [1.165, 1.54) is 6.42 Å². The summed E-state index contributed by atoms with van der Waals surface area (Å²) < 4.78 is 0. The van der Waals surface area contributed by atoms with Gasteiger partial charge >= 0.3 is 43.7 Å². The van der Waals surface area contributed by atoms with Crippen LogP contribution >= 0.6 is 33.5 Å². The fourth-order valence-corrected chi connectivity index (χ4v) is 8.00. The van der Waals surface area contributed by atoms with E-state index in [0.717, 1.165) is 34.7 Å². The van der Waals surface area contributed by atoms with E-state index in [-0.39, 0.29) is 15.3 Å². The molecule has 0 radical (unpaired) electrons. The molecule has 0 nitrogen and oxygen atoms in total. The second-order valence-electron chi connectivity index (χ2n) is 6.56. The number of hydrogen-bond donors (Lipinski definition) is 0. The maximum absolute atomic E-state index is 5.00. The molecular formula is C17H30Cl3PZr-. The van der Waals surface area contributed by atoms with Gasteiger partial charge in [0.15, 0.2) is 0 Å². The van der Waals surface area contributed by atoms with Crippen LogP contribution in [-0.2, 0) is 18.2 Å². The van der Waals surface area contributed by atoms with Gasteiger partial charge in [-0.3, -0.25) is 0 Å². The summed E-state index contributed by atoms with van der Waals surface area (Å²) in [6, 6.07) is 0. The van der Waals surface area contributed by atoms with Crippen molar-refractivity contribution >= 4 is 33.5 Å². The Labute approximate surface area is 158 Å². The monoisotopic (exact) mass is 460 g/mol. The third kappa shape index (κ3) is 6.88. The Kier molecular flexibility index (Phi) is 12.2. The minimum atomic E-state index is -2.13. The third-order valence-electron chi connectivity index (χ3n) is 4.46. The first-order valence-corrected chi connectivity index (χ1v) is 18.8. The number of allylic oxidation sites excluding steroid dienone is 4. The molecule has 1 fully saturated rings. The Morgan fingerprint density at radius 3 is 1.91 bits per heavy atom. The first-order chi connectivity index (χ1) is 9.75. The van der Waals surface area contributed by atoms with Crippen molar-refractivity contribution in [3.05, 3.63) is 31.7 Å². The molecule has 0 N–H and O–H groups in total. The summed E-state index contributed by atoms with van der Waals surface area (Å²) in [5, 5.41) is 0. The third-order valence-corrected chi connectivity index (χ3v) is 8.38. The van der Waals surface area contributed by atoms with Gasteiger partial charge in [0.05, 0.1) is 0 Å². The second-order valence-corrected chi connectivity index (χ2v) is 21.3. The van der Waals surface area contributed by atoms with Gasteiger partial charge in [-0.15, -0.1) is 0 Å². The van der Waals surface area contributed by atoms with Gasteiger partial charge in [0.1, 0.15) is 0 Å². The number of halogens is 3. The Balaban J connectivity index is 0.000000791. The predicted octanol–water partition coefficient (Wildman–Crippen LogP) is 7.57. The van der Waals surface area contributed by atoms with Crippen molar-refractivity contribution < 1.29 is 18.2 Å². The van der Waals surface area contributed by atoms with Gasteiger partial charge in [0, 0.05) is 0 Å². The topological polar surface area (TPSA) is 0 Å². The van der Waals surface area contributed by atoms with Crippen LogP contribution in [0.15, 0.2) is 24.3 Å². The zero-order valence-electron chi connectivity index (χ0n) is 14.6. The van der Waals surface area contributed by atoms with Gasteiger partial charge in [-0.1, -0.05) is 66.8 Å². The molecule has 0 aromatic heterocycles. The zero-order chi connectivity index (χ0) is 16.2. The summed E-state index contributed by atoms with van der Waals surface area (Å²) in [5.74, 6) is 2.58. The molecule has 0 bridgehead atoms. The fourth-order valence-electron chi connectivity index (χ4n) is 4.00. The maximum atomic E-state index is 5.00. The molecule has 1 saturated carbocycles. The Morgan fingerprint density at radius 1 is 1.00 bits per heavy atom. The molecule has 0 aromatic carbocycles. The normalized spacial score (nSPS) is 29.2. The van der Waals surface area contributed by atoms with Crippen LogP contribution in [0.2, 0.25) is 0 Å². The van der Waals surface area contributed by atoms with E-state index in [1.54, 1.807) is 0 Å². The van der Waals surface area contributed by atoms with E-state index in [2.05, 4.69) is 58.9 Å². The van der Waals surface area contributed by atoms with Crippen LogP contribution in [0, 0.1) is 25.2 Å². The molecule has 2 aliphatic rings. The molecule has 0 amide bonds. The van der Waals surface area contributed by atoms with E-state index in [9.17, 15) is 0 Å². The number of hydrogen-bond acceptors (Lipinski definition) is 0. The van der Waals surface area contributed by atoms with Crippen molar-refractivity contribution in [3.8, 4) is 0 Å². The van der Waals surface area contributed by atoms with Gasteiger partial charge < -0.3 is 7.43 Å². The Hall–Kier alpha value is 1.66. The summed E-state index contributed by atoms with van der Waals surface area (Å²) in [6.07, 6.45) is 10.9. The molecule has 5 heteroatoms. The quantitative estimate of drug-likeness (QED) is 0.299. The van der Waals surface area contributed by atoms with Gasteiger partial charge in [-0.25, -0.2) is 0 Å². The summed E-state index contributed by atoms with van der Waals surface area (Å²) in [5.41, 5.74) is 2.70. The van der Waals surface area contributed by atoms with Crippen molar-refractivity contribution in [1.29, 1.82) is 0 Å². The first kappa shape index (κ1) is 23.7. The molecule has 2 aliphatic carbocycles. The fraction of sp³-hybridized carbons (Fsp3) is 0.706. The summed E-state index contributed by atoms with van der Waals surface area (Å²) in [7, 11) is 15.2. The van der Waals surface area contributed by atoms with Crippen molar-refractivity contribution in [3.63, 3.8) is 0 Å². The Morgan fingerprint density at radius 2 is 1.45 bits per heavy atom. The summed E-state index contributed by atoms with van der Waals surface area (Å²) in [6.45, 7) is 12.2. The number of rotatable bonds is 3. The molecule has 0 aromatic rings. The number of fused-ring (bicyclic) bond motifs is 1. The molecule has 4 unspecified atom stereocenters. The first-order valence-electron chi connectivity index (χ1n) is 7.71. The molecule has 0 heterocycles. The molecule has 2 rings (SSSR count). The molecule has 22 heavy (non-hydrogen) atoms. The van der Waals surface area contributed by atoms with Gasteiger partial charge in [-0.05, 0) is 41.2 Å². The minimum absolute atomic E-state index is 0. The zero-order valence-corrected chi connectivity index (χ0v) is 20.2. The van der Waals surface area contributed by atoms with Crippen LogP contribution in [0.1, 0.15) is 41.0 Å². The van der Waals surface area contributed by atoms with Crippen LogP contribution < -0.4 is 0 Å². The SMILES string of the molecule is CC1CC2C=CC=CC2C1P(C(C)C)C(C)C.[CH3-].[Cl][Zr]([Cl])[Cl]. The Bertz CT molecular complexity index is 358. The van der Waals surface area contributed by atoms with Crippen molar-refractivity contribution in [2.45, 2.75) is 58.0 Å². The average Bonchev–Trinajstić information content (AvgIpc) is 2.65. The summed E-state index contributed by atoms with van der Waals surface area (Å²) in [4.78, 5) is 0. The summed E-state index contributed by atoms with van der Waals surface area (Å²) >= 11 is -2.13. The van der Waals surface area contributed by atoms with Crippen LogP contribution in [0.25, 0.3) is 0 Å². The van der Waals surface area contributed by atoms with Crippen molar-refractivity contribution in [2.24, 2.45) is 17.8 Å². The standard InChI is InChI=1S/C16H27P.CH3.3ClH.Zr/c1-11(2)17(12(3)4)16-13(5)10-14-8-6-7-9-15(14)16;;;;;/h6-9,11-16H,10H2,1-5H3;1H3;3*1H;/q;-1;;;;+3/p-3. The molecule has 0 saturated heterocycles. The molecule has 0 spiro atoms. The van der Waals surface area contributed by atoms with Crippen LogP contribution in [0.3, 0.4) is 0 Å². The van der Waals surface area contributed by atoms with Gasteiger partial charge in [0.25, 0.3) is 0 Å². The molecular weight excluding hydrogens is 433 g/mol. The van der Waals surface area contributed by atoms with E-state index in [4.69, 9.17) is 25.5 Å². The van der Waals surface area contributed by atoms with Crippen LogP contribution in [0.5, 0.6) is 0 Å². The van der Waals surface area contributed by atoms with E-state index in [1.807, 2.05) is 0 Å². The van der Waals surface area contributed by atoms with Crippen molar-refractivity contribution in [1.82, 2.24) is 0 Å². The van der Waals surface area contributed by atoms with Crippen LogP contribution in [0.4, 0.5) is 0 Å². The van der Waals surface area contributed by atoms with E-state index < -0.39 is 18.2 Å². The van der Waals surface area contributed by atoms with Crippen LogP contribution in [-0.4, -0.2) is 17.0 Å². The molecule has 4 atom stereocenters. The van der Waals surface area contributed by atoms with Gasteiger partial charge in [-0.2, -0.15) is 0 Å². The van der Waals surface area contributed by atoms with Gasteiger partial charge in [0.2, 0.25) is 0 Å². The second kappa shape index (κ2) is 11.3. The molecule has 129 valence electrons. The predicted molar refractivity (Wildman–Crippen MR) is 104 cm³/mol. The molecule has 0 aliphatic heterocycles.